The van der Waals surface area contributed by atoms with Crippen LogP contribution < -0.4 is 4.89 Å². The van der Waals surface area contributed by atoms with Crippen LogP contribution in [0.3, 0.4) is 0 Å². The lowest BCUT2D eigenvalue weighted by Crippen LogP contribution is -2.36. The Morgan fingerprint density at radius 2 is 2.27 bits per heavy atom. The number of hydrogen-bond acceptors (Lipinski definition) is 4. The van der Waals surface area contributed by atoms with Gasteiger partial charge in [0, 0.05) is 13.0 Å². The van der Waals surface area contributed by atoms with Crippen LogP contribution in [-0.4, -0.2) is 46.9 Å². The summed E-state index contributed by atoms with van der Waals surface area (Å²) in [6, 6.07) is 1.79. The van der Waals surface area contributed by atoms with E-state index in [2.05, 4.69) is 4.52 Å². The highest BCUT2D eigenvalue weighted by Gasteiger charge is 2.21. The molecule has 0 aromatic carbocycles. The molecule has 0 fully saturated rings. The lowest BCUT2D eigenvalue weighted by atomic mass is 10.4. The molecule has 0 bridgehead atoms. The zero-order chi connectivity index (χ0) is 11.8. The van der Waals surface area contributed by atoms with Gasteiger partial charge in [0.1, 0.15) is 6.54 Å². The Labute approximate surface area is 87.7 Å². The van der Waals surface area contributed by atoms with E-state index < -0.39 is 26.1 Å². The number of aliphatic hydroxyl groups is 1. The normalized spacial score (nSPS) is 12.2. The van der Waals surface area contributed by atoms with Crippen LogP contribution in [0.5, 0.6) is 0 Å². The van der Waals surface area contributed by atoms with Crippen molar-refractivity contribution in [2.24, 2.45) is 0 Å². The van der Waals surface area contributed by atoms with Crippen LogP contribution in [0.25, 0.3) is 0 Å². The molecule has 7 nitrogen and oxygen atoms in total. The molecule has 0 aliphatic rings. The first-order valence-electron chi connectivity index (χ1n) is 3.94. The molecule has 84 valence electrons. The molecule has 0 spiro atoms. The lowest BCUT2D eigenvalue weighted by Gasteiger charge is -2.14. The third kappa shape index (κ3) is 5.42. The minimum atomic E-state index is -2.45. The smallest absolute Gasteiger partial charge is 0.331 e. The van der Waals surface area contributed by atoms with E-state index in [1.54, 1.807) is 6.07 Å². The number of nitriles is 1. The highest BCUT2D eigenvalue weighted by Crippen LogP contribution is 2.14. The van der Waals surface area contributed by atoms with Crippen LogP contribution in [0.15, 0.2) is 0 Å². The Morgan fingerprint density at radius 1 is 1.67 bits per heavy atom. The molecule has 0 radical (unpaired) electrons. The molecule has 2 N–H and O–H groups in total. The van der Waals surface area contributed by atoms with Gasteiger partial charge in [0.15, 0.2) is 0 Å². The zero-order valence-corrected chi connectivity index (χ0v) is 8.98. The molecular formula is C7H11N2O5P. The molecule has 1 atom stereocenters. The predicted molar refractivity (Wildman–Crippen MR) is 50.3 cm³/mol. The van der Waals surface area contributed by atoms with Crippen LogP contribution in [0.2, 0.25) is 0 Å². The number of nitrogens with zero attached hydrogens (tertiary/aromatic N) is 2. The van der Waals surface area contributed by atoms with Crippen molar-refractivity contribution in [3.8, 4) is 6.07 Å². The molecule has 15 heavy (non-hydrogen) atoms. The molecule has 0 aliphatic heterocycles. The van der Waals surface area contributed by atoms with Crippen LogP contribution in [0.4, 0.5) is 0 Å². The lowest BCUT2D eigenvalue weighted by molar-refractivity contribution is -0.171. The number of carboxylic acid groups (broad SMARTS) is 1. The number of aliphatic carboxylic acids is 1. The van der Waals surface area contributed by atoms with E-state index >= 15 is 0 Å². The second-order valence-corrected chi connectivity index (χ2v) is 3.74. The van der Waals surface area contributed by atoms with Crippen molar-refractivity contribution >= 4 is 19.6 Å². The first-order valence-corrected chi connectivity index (χ1v) is 5.11. The summed E-state index contributed by atoms with van der Waals surface area (Å²) in [5, 5.41) is 26.1. The maximum atomic E-state index is 11.0. The average molecular weight is 234 g/mol. The van der Waals surface area contributed by atoms with Gasteiger partial charge in [0.25, 0.3) is 8.00 Å². The van der Waals surface area contributed by atoms with Crippen molar-refractivity contribution in [3.63, 3.8) is 0 Å². The summed E-state index contributed by atoms with van der Waals surface area (Å²) >= 11 is 0. The van der Waals surface area contributed by atoms with Crippen molar-refractivity contribution in [2.75, 3.05) is 20.2 Å². The van der Waals surface area contributed by atoms with E-state index in [9.17, 15) is 14.8 Å². The van der Waals surface area contributed by atoms with Gasteiger partial charge in [0.05, 0.1) is 13.2 Å². The summed E-state index contributed by atoms with van der Waals surface area (Å²) in [7, 11) is -1.33. The van der Waals surface area contributed by atoms with Crippen LogP contribution in [0.1, 0.15) is 6.42 Å². The van der Waals surface area contributed by atoms with E-state index in [1.807, 2.05) is 0 Å². The second-order valence-electron chi connectivity index (χ2n) is 2.46. The first-order chi connectivity index (χ1) is 7.02. The molecule has 8 heteroatoms. The van der Waals surface area contributed by atoms with E-state index in [1.165, 1.54) is 0 Å². The number of aliphatic hydroxyl groups excluding tert-OH is 1. The maximum absolute atomic E-state index is 11.0. The van der Waals surface area contributed by atoms with Gasteiger partial charge < -0.3 is 15.1 Å². The van der Waals surface area contributed by atoms with Gasteiger partial charge in [-0.15, -0.1) is 0 Å². The number of carboxylic acids is 1. The van der Waals surface area contributed by atoms with Gasteiger partial charge in [-0.1, -0.05) is 0 Å². The summed E-state index contributed by atoms with van der Waals surface area (Å²) in [5.74, 6) is -1.20. The molecule has 0 amide bonds. The van der Waals surface area contributed by atoms with Gasteiger partial charge in [-0.3, -0.25) is 4.79 Å². The third-order valence-corrected chi connectivity index (χ3v) is 2.37. The molecule has 0 aromatic rings. The topological polar surface area (TPSA) is 117 Å². The molecule has 0 aromatic heterocycles. The number of carbonyl (C=O) groups is 1. The fourth-order valence-electron chi connectivity index (χ4n) is 0.795. The molecule has 0 rings (SSSR count). The summed E-state index contributed by atoms with van der Waals surface area (Å²) in [6.07, 6.45) is 0.0181. The second kappa shape index (κ2) is 7.29. The van der Waals surface area contributed by atoms with Crippen molar-refractivity contribution < 1.29 is 24.4 Å². The Kier molecular flexibility index (Phi) is 6.79. The number of hydrogen-bond donors (Lipinski definition) is 2. The van der Waals surface area contributed by atoms with Crippen molar-refractivity contribution in [3.05, 3.63) is 0 Å². The largest absolute Gasteiger partial charge is 0.600 e. The minimum absolute atomic E-state index is 0.0148. The third-order valence-electron chi connectivity index (χ3n) is 1.43. The monoisotopic (exact) mass is 234 g/mol. The Hall–Kier alpha value is -1.03. The van der Waals surface area contributed by atoms with Gasteiger partial charge >= 0.3 is 11.6 Å². The summed E-state index contributed by atoms with van der Waals surface area (Å²) in [6.45, 7) is -0.545. The van der Waals surface area contributed by atoms with Gasteiger partial charge in [-0.2, -0.15) is 9.79 Å². The van der Waals surface area contributed by atoms with Crippen LogP contribution in [-0.2, 0) is 9.32 Å². The molecule has 0 aliphatic carbocycles. The average Bonchev–Trinajstić information content (AvgIpc) is 2.21. The van der Waals surface area contributed by atoms with E-state index in [-0.39, 0.29) is 13.0 Å². The summed E-state index contributed by atoms with van der Waals surface area (Å²) in [4.78, 5) is 22.3. The Balaban J connectivity index is 4.62. The highest BCUT2D eigenvalue weighted by molar-refractivity contribution is 7.46. The van der Waals surface area contributed by atoms with E-state index in [0.717, 1.165) is 12.0 Å². The van der Waals surface area contributed by atoms with Gasteiger partial charge in [0.2, 0.25) is 0 Å². The molecule has 0 saturated heterocycles. The fraction of sp³-hybridized carbons (Fsp3) is 0.571. The summed E-state index contributed by atoms with van der Waals surface area (Å²) < 4.78 is 4.36. The van der Waals surface area contributed by atoms with Crippen molar-refractivity contribution in [1.29, 1.82) is 5.26 Å². The zero-order valence-electron chi connectivity index (χ0n) is 8.08. The van der Waals surface area contributed by atoms with Gasteiger partial charge in [-0.25, -0.2) is 4.90 Å². The molecule has 0 saturated carbocycles. The highest BCUT2D eigenvalue weighted by atomic mass is 31.1. The maximum Gasteiger partial charge on any atom is 0.331 e. The first kappa shape index (κ1) is 14.0. The van der Waals surface area contributed by atoms with Crippen molar-refractivity contribution in [2.45, 2.75) is 6.42 Å². The van der Waals surface area contributed by atoms with E-state index in [0.29, 0.717) is 0 Å². The van der Waals surface area contributed by atoms with E-state index in [4.69, 9.17) is 10.4 Å². The van der Waals surface area contributed by atoms with Crippen LogP contribution in [0, 0.1) is 11.3 Å². The molecule has 0 heterocycles. The SMILES string of the molecule is CO/[P+]([O-])=C(\O)N(CCC#N)CC(=O)O. The Morgan fingerprint density at radius 3 is 2.67 bits per heavy atom. The molecule has 1 unspecified atom stereocenters. The Bertz CT molecular complexity index is 298. The summed E-state index contributed by atoms with van der Waals surface area (Å²) in [5.41, 5.74) is -0.662. The fourth-order valence-corrected chi connectivity index (χ4v) is 1.36. The standard InChI is InChI=1S/C7H11N2O5P/c1-14-15(13)7(12)9(4-2-3-8)5-6(10)11/h12H,2,4-5H2,1H3,(H,10,11). The number of rotatable bonds is 6. The van der Waals surface area contributed by atoms with Crippen LogP contribution >= 0.6 is 8.00 Å². The van der Waals surface area contributed by atoms with Crippen molar-refractivity contribution in [1.82, 2.24) is 4.90 Å². The minimum Gasteiger partial charge on any atom is -0.600 e. The molecular weight excluding hydrogens is 223 g/mol. The van der Waals surface area contributed by atoms with Gasteiger partial charge in [-0.05, 0) is 0 Å². The quantitative estimate of drug-likeness (QED) is 0.570. The predicted octanol–water partition coefficient (Wildman–Crippen LogP) is -0.935.